The van der Waals surface area contributed by atoms with Crippen molar-refractivity contribution in [3.63, 3.8) is 0 Å². The Labute approximate surface area is 140 Å². The van der Waals surface area contributed by atoms with Crippen molar-refractivity contribution in [1.82, 2.24) is 5.32 Å². The van der Waals surface area contributed by atoms with Gasteiger partial charge in [-0.15, -0.1) is 0 Å². The number of amides is 1. The molecule has 2 aromatic rings. The molecule has 24 heavy (non-hydrogen) atoms. The van der Waals surface area contributed by atoms with E-state index in [-0.39, 0.29) is 23.2 Å². The van der Waals surface area contributed by atoms with Gasteiger partial charge in [-0.25, -0.2) is 12.8 Å². The molecule has 128 valence electrons. The first-order valence-corrected chi connectivity index (χ1v) is 9.18. The van der Waals surface area contributed by atoms with Crippen LogP contribution in [0.1, 0.15) is 5.56 Å². The highest BCUT2D eigenvalue weighted by atomic mass is 32.2. The van der Waals surface area contributed by atoms with Crippen LogP contribution in [0, 0.1) is 5.82 Å². The molecule has 0 fully saturated rings. The monoisotopic (exact) mass is 351 g/mol. The van der Waals surface area contributed by atoms with E-state index in [1.54, 1.807) is 12.1 Å². The Bertz CT molecular complexity index is 786. The fraction of sp³-hybridized carbons (Fsp3) is 0.235. The molecule has 0 heterocycles. The van der Waals surface area contributed by atoms with E-state index < -0.39 is 9.84 Å². The Morgan fingerprint density at radius 2 is 1.71 bits per heavy atom. The van der Waals surface area contributed by atoms with E-state index >= 15 is 0 Å². The summed E-state index contributed by atoms with van der Waals surface area (Å²) in [6.07, 6.45) is 1.71. The Balaban J connectivity index is 1.74. The molecular formula is C17H18FNO4S. The molecule has 0 aliphatic carbocycles. The van der Waals surface area contributed by atoms with E-state index in [0.29, 0.717) is 18.7 Å². The highest BCUT2D eigenvalue weighted by molar-refractivity contribution is 7.90. The van der Waals surface area contributed by atoms with Crippen LogP contribution in [0.4, 0.5) is 4.39 Å². The first-order chi connectivity index (χ1) is 11.3. The fourth-order valence-corrected chi connectivity index (χ4v) is 2.61. The molecule has 0 aliphatic rings. The molecule has 0 saturated carbocycles. The van der Waals surface area contributed by atoms with Gasteiger partial charge in [0.15, 0.2) is 16.4 Å². The molecule has 0 aromatic heterocycles. The van der Waals surface area contributed by atoms with Gasteiger partial charge in [-0.1, -0.05) is 12.1 Å². The number of carbonyl (C=O) groups is 1. The minimum atomic E-state index is -3.25. The van der Waals surface area contributed by atoms with Crippen molar-refractivity contribution < 1.29 is 22.3 Å². The van der Waals surface area contributed by atoms with Gasteiger partial charge in [-0.3, -0.25) is 4.79 Å². The maximum Gasteiger partial charge on any atom is 0.257 e. The predicted molar refractivity (Wildman–Crippen MR) is 88.2 cm³/mol. The van der Waals surface area contributed by atoms with E-state index in [0.717, 1.165) is 11.8 Å². The maximum absolute atomic E-state index is 12.8. The third-order valence-corrected chi connectivity index (χ3v) is 4.40. The zero-order valence-electron chi connectivity index (χ0n) is 13.2. The normalized spacial score (nSPS) is 11.1. The smallest absolute Gasteiger partial charge is 0.257 e. The van der Waals surface area contributed by atoms with Crippen LogP contribution in [0.15, 0.2) is 53.4 Å². The Kier molecular flexibility index (Phi) is 5.92. The molecule has 0 aliphatic heterocycles. The first-order valence-electron chi connectivity index (χ1n) is 7.29. The minimum absolute atomic E-state index is 0.165. The summed E-state index contributed by atoms with van der Waals surface area (Å²) in [6.45, 7) is 0.252. The molecule has 2 aromatic carbocycles. The van der Waals surface area contributed by atoms with Gasteiger partial charge < -0.3 is 10.1 Å². The topological polar surface area (TPSA) is 72.5 Å². The third-order valence-electron chi connectivity index (χ3n) is 3.27. The molecule has 1 N–H and O–H groups in total. The lowest BCUT2D eigenvalue weighted by Crippen LogP contribution is -2.30. The van der Waals surface area contributed by atoms with Gasteiger partial charge in [0.25, 0.3) is 5.91 Å². The molecule has 0 spiro atoms. The Morgan fingerprint density at radius 1 is 1.08 bits per heavy atom. The summed E-state index contributed by atoms with van der Waals surface area (Å²) >= 11 is 0. The summed E-state index contributed by atoms with van der Waals surface area (Å²) < 4.78 is 40.7. The maximum atomic E-state index is 12.8. The molecular weight excluding hydrogens is 333 g/mol. The summed E-state index contributed by atoms with van der Waals surface area (Å²) in [7, 11) is -3.25. The van der Waals surface area contributed by atoms with Crippen molar-refractivity contribution in [3.05, 3.63) is 59.9 Å². The third kappa shape index (κ3) is 5.66. The average Bonchev–Trinajstić information content (AvgIpc) is 2.54. The number of carbonyl (C=O) groups excluding carboxylic acids is 1. The van der Waals surface area contributed by atoms with Gasteiger partial charge in [-0.2, -0.15) is 0 Å². The van der Waals surface area contributed by atoms with Crippen LogP contribution in [0.25, 0.3) is 0 Å². The van der Waals surface area contributed by atoms with E-state index in [2.05, 4.69) is 5.32 Å². The van der Waals surface area contributed by atoms with Crippen molar-refractivity contribution in [3.8, 4) is 5.75 Å². The SMILES string of the molecule is CS(=O)(=O)c1ccc(OCC(=O)NCCc2ccc(F)cc2)cc1. The van der Waals surface area contributed by atoms with Crippen LogP contribution in [0.2, 0.25) is 0 Å². The summed E-state index contributed by atoms with van der Waals surface area (Å²) in [5.74, 6) is -0.168. The number of hydrogen-bond donors (Lipinski definition) is 1. The number of nitrogens with one attached hydrogen (secondary N) is 1. The van der Waals surface area contributed by atoms with Crippen molar-refractivity contribution in [1.29, 1.82) is 0 Å². The second-order valence-corrected chi connectivity index (χ2v) is 7.27. The number of benzene rings is 2. The molecule has 1 amide bonds. The molecule has 7 heteroatoms. The predicted octanol–water partition coefficient (Wildman–Crippen LogP) is 1.97. The van der Waals surface area contributed by atoms with Crippen LogP contribution in [0.3, 0.4) is 0 Å². The summed E-state index contributed by atoms with van der Waals surface area (Å²) in [6, 6.07) is 11.9. The highest BCUT2D eigenvalue weighted by Crippen LogP contribution is 2.15. The van der Waals surface area contributed by atoms with E-state index in [1.807, 2.05) is 0 Å². The summed E-state index contributed by atoms with van der Waals surface area (Å²) in [4.78, 5) is 11.9. The highest BCUT2D eigenvalue weighted by Gasteiger charge is 2.07. The lowest BCUT2D eigenvalue weighted by Gasteiger charge is -2.08. The average molecular weight is 351 g/mol. The Hall–Kier alpha value is -2.41. The molecule has 0 unspecified atom stereocenters. The molecule has 0 saturated heterocycles. The first kappa shape index (κ1) is 17.9. The quantitative estimate of drug-likeness (QED) is 0.828. The van der Waals surface area contributed by atoms with Gasteiger partial charge >= 0.3 is 0 Å². The van der Waals surface area contributed by atoms with Gasteiger partial charge in [0.1, 0.15) is 11.6 Å². The largest absolute Gasteiger partial charge is 0.484 e. The van der Waals surface area contributed by atoms with Crippen LogP contribution in [-0.2, 0) is 21.1 Å². The van der Waals surface area contributed by atoms with Gasteiger partial charge in [0.05, 0.1) is 4.90 Å². The van der Waals surface area contributed by atoms with Gasteiger partial charge in [0, 0.05) is 12.8 Å². The van der Waals surface area contributed by atoms with Crippen molar-refractivity contribution in [2.45, 2.75) is 11.3 Å². The van der Waals surface area contributed by atoms with Crippen LogP contribution in [-0.4, -0.2) is 33.7 Å². The molecule has 5 nitrogen and oxygen atoms in total. The van der Waals surface area contributed by atoms with Crippen LogP contribution in [0.5, 0.6) is 5.75 Å². The van der Waals surface area contributed by atoms with Crippen molar-refractivity contribution >= 4 is 15.7 Å². The van der Waals surface area contributed by atoms with Crippen LogP contribution < -0.4 is 10.1 Å². The van der Waals surface area contributed by atoms with Crippen LogP contribution >= 0.6 is 0 Å². The second-order valence-electron chi connectivity index (χ2n) is 5.26. The molecule has 0 bridgehead atoms. The molecule has 0 radical (unpaired) electrons. The molecule has 2 rings (SSSR count). The summed E-state index contributed by atoms with van der Waals surface area (Å²) in [5.41, 5.74) is 0.925. The lowest BCUT2D eigenvalue weighted by molar-refractivity contribution is -0.123. The molecule has 0 atom stereocenters. The number of ether oxygens (including phenoxy) is 1. The second kappa shape index (κ2) is 7.92. The van der Waals surface area contributed by atoms with E-state index in [1.165, 1.54) is 36.4 Å². The Morgan fingerprint density at radius 3 is 2.29 bits per heavy atom. The lowest BCUT2D eigenvalue weighted by atomic mass is 10.1. The van der Waals surface area contributed by atoms with Gasteiger partial charge in [0.2, 0.25) is 0 Å². The summed E-state index contributed by atoms with van der Waals surface area (Å²) in [5, 5.41) is 2.70. The van der Waals surface area contributed by atoms with E-state index in [4.69, 9.17) is 4.74 Å². The number of sulfone groups is 1. The standard InChI is InChI=1S/C17H18FNO4S/c1-24(21,22)16-8-6-15(7-9-16)23-12-17(20)19-11-10-13-2-4-14(18)5-3-13/h2-9H,10-12H2,1H3,(H,19,20). The van der Waals surface area contributed by atoms with Gasteiger partial charge in [-0.05, 0) is 48.4 Å². The fourth-order valence-electron chi connectivity index (χ4n) is 1.98. The van der Waals surface area contributed by atoms with Crippen molar-refractivity contribution in [2.24, 2.45) is 0 Å². The number of hydrogen-bond acceptors (Lipinski definition) is 4. The minimum Gasteiger partial charge on any atom is -0.484 e. The van der Waals surface area contributed by atoms with E-state index in [9.17, 15) is 17.6 Å². The van der Waals surface area contributed by atoms with Crippen molar-refractivity contribution in [2.75, 3.05) is 19.4 Å². The number of rotatable bonds is 7. The number of halogens is 1. The zero-order valence-corrected chi connectivity index (χ0v) is 14.0. The zero-order chi connectivity index (χ0) is 17.6.